The van der Waals surface area contributed by atoms with Gasteiger partial charge in [-0.2, -0.15) is 0 Å². The minimum Gasteiger partial charge on any atom is -0.371 e. The fourth-order valence-corrected chi connectivity index (χ4v) is 3.72. The predicted octanol–water partition coefficient (Wildman–Crippen LogP) is 4.74. The summed E-state index contributed by atoms with van der Waals surface area (Å²) in [5, 5.41) is 5.01. The topological polar surface area (TPSA) is 61.4 Å². The number of halogens is 1. The highest BCUT2D eigenvalue weighted by atomic mass is 35.5. The van der Waals surface area contributed by atoms with E-state index < -0.39 is 5.38 Å². The van der Waals surface area contributed by atoms with Crippen LogP contribution in [-0.2, 0) is 4.79 Å². The Morgan fingerprint density at radius 3 is 2.48 bits per heavy atom. The van der Waals surface area contributed by atoms with Gasteiger partial charge in [-0.3, -0.25) is 9.59 Å². The molecule has 1 atom stereocenters. The van der Waals surface area contributed by atoms with Crippen LogP contribution in [-0.4, -0.2) is 31.4 Å². The van der Waals surface area contributed by atoms with E-state index in [9.17, 15) is 9.59 Å². The van der Waals surface area contributed by atoms with E-state index in [1.54, 1.807) is 6.07 Å². The maximum absolute atomic E-state index is 12.8. The van der Waals surface area contributed by atoms with Gasteiger partial charge in [-0.25, -0.2) is 0 Å². The SMILES string of the molecule is CCCNC(=O)c1cc(NC(=O)[C@H](Cl)c2ccccc2)ccc1N1CCCCC1. The van der Waals surface area contributed by atoms with E-state index in [0.717, 1.165) is 43.6 Å². The first kappa shape index (κ1) is 21.2. The van der Waals surface area contributed by atoms with Crippen molar-refractivity contribution >= 4 is 34.8 Å². The zero-order chi connectivity index (χ0) is 20.6. The number of hydrogen-bond acceptors (Lipinski definition) is 3. The lowest BCUT2D eigenvalue weighted by atomic mass is 10.1. The number of piperidine rings is 1. The minimum absolute atomic E-state index is 0.117. The van der Waals surface area contributed by atoms with Crippen LogP contribution in [0.25, 0.3) is 0 Å². The summed E-state index contributed by atoms with van der Waals surface area (Å²) in [4.78, 5) is 27.6. The molecule has 2 amide bonds. The van der Waals surface area contributed by atoms with E-state index in [1.165, 1.54) is 6.42 Å². The summed E-state index contributed by atoms with van der Waals surface area (Å²) in [5.41, 5.74) is 2.81. The summed E-state index contributed by atoms with van der Waals surface area (Å²) >= 11 is 6.33. The van der Waals surface area contributed by atoms with E-state index in [2.05, 4.69) is 15.5 Å². The largest absolute Gasteiger partial charge is 0.371 e. The molecule has 0 aliphatic carbocycles. The lowest BCUT2D eigenvalue weighted by Crippen LogP contribution is -2.33. The molecular formula is C23H28ClN3O2. The summed E-state index contributed by atoms with van der Waals surface area (Å²) in [6, 6.07) is 14.7. The van der Waals surface area contributed by atoms with Crippen molar-refractivity contribution in [1.82, 2.24) is 5.32 Å². The third-order valence-electron chi connectivity index (χ3n) is 5.06. The van der Waals surface area contributed by atoms with Crippen LogP contribution in [0.1, 0.15) is 53.9 Å². The van der Waals surface area contributed by atoms with Crippen LogP contribution in [0.4, 0.5) is 11.4 Å². The number of nitrogens with zero attached hydrogens (tertiary/aromatic N) is 1. The van der Waals surface area contributed by atoms with Crippen LogP contribution in [0.15, 0.2) is 48.5 Å². The van der Waals surface area contributed by atoms with Crippen molar-refractivity contribution in [2.24, 2.45) is 0 Å². The monoisotopic (exact) mass is 413 g/mol. The summed E-state index contributed by atoms with van der Waals surface area (Å²) in [6.07, 6.45) is 4.34. The Labute approximate surface area is 177 Å². The molecule has 2 aromatic rings. The van der Waals surface area contributed by atoms with Crippen LogP contribution in [0.2, 0.25) is 0 Å². The normalized spacial score (nSPS) is 14.9. The summed E-state index contributed by atoms with van der Waals surface area (Å²) < 4.78 is 0. The molecular weight excluding hydrogens is 386 g/mol. The lowest BCUT2D eigenvalue weighted by molar-refractivity contribution is -0.116. The maximum Gasteiger partial charge on any atom is 0.253 e. The van der Waals surface area contributed by atoms with Gasteiger partial charge in [0.1, 0.15) is 5.38 Å². The van der Waals surface area contributed by atoms with Crippen molar-refractivity contribution in [3.05, 3.63) is 59.7 Å². The smallest absolute Gasteiger partial charge is 0.253 e. The molecule has 29 heavy (non-hydrogen) atoms. The third-order valence-corrected chi connectivity index (χ3v) is 5.51. The standard InChI is InChI=1S/C23H28ClN3O2/c1-2-13-25-22(28)19-16-18(11-12-20(19)27-14-7-4-8-15-27)26-23(29)21(24)17-9-5-3-6-10-17/h3,5-6,9-12,16,21H,2,4,7-8,13-15H2,1H3,(H,25,28)(H,26,29)/t21-/m1/s1. The molecule has 0 spiro atoms. The van der Waals surface area contributed by atoms with Gasteiger partial charge in [-0.15, -0.1) is 11.6 Å². The van der Waals surface area contributed by atoms with Crippen molar-refractivity contribution in [1.29, 1.82) is 0 Å². The summed E-state index contributed by atoms with van der Waals surface area (Å²) in [7, 11) is 0. The first-order chi connectivity index (χ1) is 14.1. The van der Waals surface area contributed by atoms with E-state index in [0.29, 0.717) is 17.8 Å². The second kappa shape index (κ2) is 10.3. The highest BCUT2D eigenvalue weighted by molar-refractivity contribution is 6.32. The van der Waals surface area contributed by atoms with Crippen LogP contribution in [0.5, 0.6) is 0 Å². The number of benzene rings is 2. The van der Waals surface area contributed by atoms with Crippen molar-refractivity contribution < 1.29 is 9.59 Å². The molecule has 2 aromatic carbocycles. The second-order valence-corrected chi connectivity index (χ2v) is 7.73. The number of alkyl halides is 1. The first-order valence-corrected chi connectivity index (χ1v) is 10.7. The molecule has 6 heteroatoms. The van der Waals surface area contributed by atoms with Gasteiger partial charge in [0, 0.05) is 31.0 Å². The van der Waals surface area contributed by atoms with Gasteiger partial charge in [0.15, 0.2) is 0 Å². The van der Waals surface area contributed by atoms with Gasteiger partial charge in [0.2, 0.25) is 5.91 Å². The van der Waals surface area contributed by atoms with Crippen molar-refractivity contribution in [3.63, 3.8) is 0 Å². The number of rotatable bonds is 7. The highest BCUT2D eigenvalue weighted by Gasteiger charge is 2.21. The van der Waals surface area contributed by atoms with Gasteiger partial charge in [-0.05, 0) is 49.4 Å². The average Bonchev–Trinajstić information content (AvgIpc) is 2.78. The number of hydrogen-bond donors (Lipinski definition) is 2. The Morgan fingerprint density at radius 1 is 1.07 bits per heavy atom. The molecule has 1 saturated heterocycles. The Hall–Kier alpha value is -2.53. The Morgan fingerprint density at radius 2 is 1.79 bits per heavy atom. The Balaban J connectivity index is 1.81. The molecule has 1 fully saturated rings. The molecule has 3 rings (SSSR count). The molecule has 0 saturated carbocycles. The zero-order valence-corrected chi connectivity index (χ0v) is 17.5. The predicted molar refractivity (Wildman–Crippen MR) is 119 cm³/mol. The molecule has 0 unspecified atom stereocenters. The number of amides is 2. The summed E-state index contributed by atoms with van der Waals surface area (Å²) in [6.45, 7) is 4.52. The molecule has 1 aliphatic rings. The van der Waals surface area contributed by atoms with Gasteiger partial charge in [0.25, 0.3) is 5.91 Å². The van der Waals surface area contributed by atoms with E-state index in [1.807, 2.05) is 49.4 Å². The molecule has 5 nitrogen and oxygen atoms in total. The van der Waals surface area contributed by atoms with E-state index >= 15 is 0 Å². The minimum atomic E-state index is -0.796. The molecule has 0 aromatic heterocycles. The van der Waals surface area contributed by atoms with Crippen LogP contribution >= 0.6 is 11.6 Å². The fourth-order valence-electron chi connectivity index (χ4n) is 3.52. The summed E-state index contributed by atoms with van der Waals surface area (Å²) in [5.74, 6) is -0.433. The van der Waals surface area contributed by atoms with Crippen LogP contribution in [0.3, 0.4) is 0 Å². The van der Waals surface area contributed by atoms with Crippen molar-refractivity contribution in [2.75, 3.05) is 29.9 Å². The molecule has 1 aliphatic heterocycles. The van der Waals surface area contributed by atoms with Crippen LogP contribution < -0.4 is 15.5 Å². The van der Waals surface area contributed by atoms with E-state index in [4.69, 9.17) is 11.6 Å². The molecule has 154 valence electrons. The second-order valence-electron chi connectivity index (χ2n) is 7.30. The lowest BCUT2D eigenvalue weighted by Gasteiger charge is -2.30. The van der Waals surface area contributed by atoms with Crippen molar-refractivity contribution in [3.8, 4) is 0 Å². The van der Waals surface area contributed by atoms with E-state index in [-0.39, 0.29) is 11.8 Å². The molecule has 1 heterocycles. The van der Waals surface area contributed by atoms with Crippen molar-refractivity contribution in [2.45, 2.75) is 38.0 Å². The third kappa shape index (κ3) is 5.51. The number of anilines is 2. The Kier molecular flexibility index (Phi) is 7.53. The number of carbonyl (C=O) groups is 2. The Bertz CT molecular complexity index is 835. The quantitative estimate of drug-likeness (QED) is 0.645. The van der Waals surface area contributed by atoms with Gasteiger partial charge in [-0.1, -0.05) is 37.3 Å². The van der Waals surface area contributed by atoms with Crippen LogP contribution in [0, 0.1) is 0 Å². The average molecular weight is 414 g/mol. The van der Waals surface area contributed by atoms with Gasteiger partial charge < -0.3 is 15.5 Å². The number of nitrogens with one attached hydrogen (secondary N) is 2. The van der Waals surface area contributed by atoms with Gasteiger partial charge >= 0.3 is 0 Å². The molecule has 0 bridgehead atoms. The highest BCUT2D eigenvalue weighted by Crippen LogP contribution is 2.28. The molecule has 0 radical (unpaired) electrons. The number of carbonyl (C=O) groups excluding carboxylic acids is 2. The fraction of sp³-hybridized carbons (Fsp3) is 0.391. The maximum atomic E-state index is 12.8. The zero-order valence-electron chi connectivity index (χ0n) is 16.8. The first-order valence-electron chi connectivity index (χ1n) is 10.3. The van der Waals surface area contributed by atoms with Gasteiger partial charge in [0.05, 0.1) is 5.56 Å². The molecule has 2 N–H and O–H groups in total.